The van der Waals surface area contributed by atoms with Gasteiger partial charge in [-0.1, -0.05) is 36.4 Å². The van der Waals surface area contributed by atoms with E-state index in [1.54, 1.807) is 18.2 Å². The summed E-state index contributed by atoms with van der Waals surface area (Å²) in [7, 11) is -3.79. The number of hydrogen-bond donors (Lipinski definition) is 1. The smallest absolute Gasteiger partial charge is 0.264 e. The zero-order chi connectivity index (χ0) is 12.5. The predicted octanol–water partition coefficient (Wildman–Crippen LogP) is 1.66. The lowest BCUT2D eigenvalue weighted by atomic mass is 10.1. The molecule has 0 atom stereocenters. The third-order valence-corrected chi connectivity index (χ3v) is 3.81. The van der Waals surface area contributed by atoms with Crippen molar-refractivity contribution in [1.29, 1.82) is 0 Å². The predicted molar refractivity (Wildman–Crippen MR) is 65.0 cm³/mol. The van der Waals surface area contributed by atoms with Gasteiger partial charge in [0.1, 0.15) is 0 Å². The summed E-state index contributed by atoms with van der Waals surface area (Å²) in [6, 6.07) is 12.1. The summed E-state index contributed by atoms with van der Waals surface area (Å²) in [5, 5.41) is 1.42. The van der Waals surface area contributed by atoms with Crippen molar-refractivity contribution in [2.24, 2.45) is 0 Å². The molecule has 0 aromatic heterocycles. The van der Waals surface area contributed by atoms with Gasteiger partial charge in [-0.15, -0.1) is 0 Å². The van der Waals surface area contributed by atoms with Gasteiger partial charge in [-0.25, -0.2) is 13.1 Å². The van der Waals surface area contributed by atoms with Gasteiger partial charge in [0.2, 0.25) is 5.91 Å². The molecule has 2 aromatic carbocycles. The zero-order valence-corrected chi connectivity index (χ0v) is 9.99. The number of hydrogen-bond acceptors (Lipinski definition) is 3. The Labute approximate surface area is 99.3 Å². The monoisotopic (exact) mass is 249 g/mol. The Kier molecular flexibility index (Phi) is 2.85. The third kappa shape index (κ3) is 2.29. The third-order valence-electron chi connectivity index (χ3n) is 2.32. The first-order valence-electron chi connectivity index (χ1n) is 5.02. The van der Waals surface area contributed by atoms with Crippen molar-refractivity contribution in [2.75, 3.05) is 0 Å². The van der Waals surface area contributed by atoms with Crippen LogP contribution in [-0.4, -0.2) is 14.3 Å². The Morgan fingerprint density at radius 2 is 1.71 bits per heavy atom. The molecular weight excluding hydrogens is 238 g/mol. The van der Waals surface area contributed by atoms with E-state index in [1.165, 1.54) is 13.0 Å². The summed E-state index contributed by atoms with van der Waals surface area (Å²) in [5.74, 6) is -0.599. The van der Waals surface area contributed by atoms with Crippen molar-refractivity contribution < 1.29 is 13.2 Å². The molecule has 2 aromatic rings. The van der Waals surface area contributed by atoms with E-state index in [2.05, 4.69) is 0 Å². The number of carbonyl (C=O) groups excluding carboxylic acids is 1. The van der Waals surface area contributed by atoms with Crippen LogP contribution in [0.15, 0.2) is 47.4 Å². The first-order valence-corrected chi connectivity index (χ1v) is 6.50. The van der Waals surface area contributed by atoms with E-state index in [9.17, 15) is 13.2 Å². The van der Waals surface area contributed by atoms with Crippen molar-refractivity contribution >= 4 is 26.7 Å². The lowest BCUT2D eigenvalue weighted by Gasteiger charge is -2.07. The van der Waals surface area contributed by atoms with Gasteiger partial charge in [0.05, 0.1) is 4.90 Å². The SMILES string of the molecule is CC(=O)NS(=O)(=O)c1cccc2ccccc12. The van der Waals surface area contributed by atoms with Gasteiger partial charge in [0.15, 0.2) is 0 Å². The van der Waals surface area contributed by atoms with E-state index in [0.29, 0.717) is 5.39 Å². The molecule has 88 valence electrons. The molecule has 17 heavy (non-hydrogen) atoms. The van der Waals surface area contributed by atoms with Crippen molar-refractivity contribution in [3.05, 3.63) is 42.5 Å². The van der Waals surface area contributed by atoms with Crippen LogP contribution in [0, 0.1) is 0 Å². The average Bonchev–Trinajstić information content (AvgIpc) is 2.26. The maximum absolute atomic E-state index is 11.9. The molecule has 5 heteroatoms. The molecule has 0 radical (unpaired) electrons. The highest BCUT2D eigenvalue weighted by Gasteiger charge is 2.17. The number of amides is 1. The second-order valence-corrected chi connectivity index (χ2v) is 5.29. The molecule has 0 bridgehead atoms. The van der Waals surface area contributed by atoms with Crippen molar-refractivity contribution in [3.8, 4) is 0 Å². The lowest BCUT2D eigenvalue weighted by molar-refractivity contribution is -0.117. The summed E-state index contributed by atoms with van der Waals surface area (Å²) in [4.78, 5) is 11.0. The molecule has 0 unspecified atom stereocenters. The van der Waals surface area contributed by atoms with Gasteiger partial charge >= 0.3 is 0 Å². The van der Waals surface area contributed by atoms with Crippen LogP contribution < -0.4 is 4.72 Å². The zero-order valence-electron chi connectivity index (χ0n) is 9.17. The summed E-state index contributed by atoms with van der Waals surface area (Å²) >= 11 is 0. The van der Waals surface area contributed by atoms with Crippen LogP contribution in [0.1, 0.15) is 6.92 Å². The molecule has 0 heterocycles. The maximum atomic E-state index is 11.9. The number of benzene rings is 2. The fourth-order valence-electron chi connectivity index (χ4n) is 1.67. The first-order chi connectivity index (χ1) is 8.00. The lowest BCUT2D eigenvalue weighted by Crippen LogP contribution is -2.28. The second kappa shape index (κ2) is 4.18. The number of carbonyl (C=O) groups is 1. The Morgan fingerprint density at radius 1 is 1.06 bits per heavy atom. The topological polar surface area (TPSA) is 63.2 Å². The molecule has 0 saturated heterocycles. The van der Waals surface area contributed by atoms with Gasteiger partial charge in [0, 0.05) is 12.3 Å². The highest BCUT2D eigenvalue weighted by molar-refractivity contribution is 7.90. The highest BCUT2D eigenvalue weighted by atomic mass is 32.2. The van der Waals surface area contributed by atoms with Crippen LogP contribution in [0.2, 0.25) is 0 Å². The number of sulfonamides is 1. The summed E-state index contributed by atoms with van der Waals surface area (Å²) in [5.41, 5.74) is 0. The molecule has 1 amide bonds. The van der Waals surface area contributed by atoms with Crippen LogP contribution >= 0.6 is 0 Å². The van der Waals surface area contributed by atoms with Crippen LogP contribution in [0.25, 0.3) is 10.8 Å². The highest BCUT2D eigenvalue weighted by Crippen LogP contribution is 2.22. The average molecular weight is 249 g/mol. The molecule has 0 aliphatic heterocycles. The van der Waals surface area contributed by atoms with Gasteiger partial charge in [-0.05, 0) is 11.5 Å². The molecule has 0 aliphatic rings. The Balaban J connectivity index is 2.67. The molecule has 0 saturated carbocycles. The van der Waals surface area contributed by atoms with Crippen LogP contribution in [0.4, 0.5) is 0 Å². The maximum Gasteiger partial charge on any atom is 0.264 e. The minimum absolute atomic E-state index is 0.116. The minimum Gasteiger partial charge on any atom is -0.274 e. The van der Waals surface area contributed by atoms with Crippen LogP contribution in [0.5, 0.6) is 0 Å². The normalized spacial score (nSPS) is 11.4. The standard InChI is InChI=1S/C12H11NO3S/c1-9(14)13-17(15,16)12-8-4-6-10-5-2-3-7-11(10)12/h2-8H,1H3,(H,13,14). The number of nitrogens with one attached hydrogen (secondary N) is 1. The molecular formula is C12H11NO3S. The number of fused-ring (bicyclic) bond motifs is 1. The Bertz CT molecular complexity index is 672. The van der Waals surface area contributed by atoms with Crippen molar-refractivity contribution in [2.45, 2.75) is 11.8 Å². The molecule has 4 nitrogen and oxygen atoms in total. The van der Waals surface area contributed by atoms with E-state index in [4.69, 9.17) is 0 Å². The van der Waals surface area contributed by atoms with E-state index < -0.39 is 15.9 Å². The summed E-state index contributed by atoms with van der Waals surface area (Å²) < 4.78 is 25.8. The van der Waals surface area contributed by atoms with E-state index in [0.717, 1.165) is 5.39 Å². The quantitative estimate of drug-likeness (QED) is 0.880. The molecule has 0 fully saturated rings. The molecule has 2 rings (SSSR count). The van der Waals surface area contributed by atoms with Crippen molar-refractivity contribution in [1.82, 2.24) is 4.72 Å². The Morgan fingerprint density at radius 3 is 2.41 bits per heavy atom. The second-order valence-electron chi connectivity index (χ2n) is 3.64. The van der Waals surface area contributed by atoms with Gasteiger partial charge in [0.25, 0.3) is 10.0 Å². The minimum atomic E-state index is -3.79. The van der Waals surface area contributed by atoms with E-state index >= 15 is 0 Å². The van der Waals surface area contributed by atoms with Crippen LogP contribution in [-0.2, 0) is 14.8 Å². The summed E-state index contributed by atoms with van der Waals surface area (Å²) in [6.45, 7) is 1.17. The summed E-state index contributed by atoms with van der Waals surface area (Å²) in [6.07, 6.45) is 0. The van der Waals surface area contributed by atoms with Crippen LogP contribution in [0.3, 0.4) is 0 Å². The largest absolute Gasteiger partial charge is 0.274 e. The van der Waals surface area contributed by atoms with Crippen molar-refractivity contribution in [3.63, 3.8) is 0 Å². The molecule has 1 N–H and O–H groups in total. The molecule has 0 aliphatic carbocycles. The number of rotatable bonds is 2. The van der Waals surface area contributed by atoms with Gasteiger partial charge < -0.3 is 0 Å². The fraction of sp³-hybridized carbons (Fsp3) is 0.0833. The van der Waals surface area contributed by atoms with E-state index in [-0.39, 0.29) is 4.90 Å². The van der Waals surface area contributed by atoms with Gasteiger partial charge in [-0.2, -0.15) is 0 Å². The Hall–Kier alpha value is -1.88. The first kappa shape index (κ1) is 11.6. The van der Waals surface area contributed by atoms with E-state index in [1.807, 2.05) is 22.9 Å². The molecule has 0 spiro atoms. The van der Waals surface area contributed by atoms with Gasteiger partial charge in [-0.3, -0.25) is 4.79 Å². The fourth-order valence-corrected chi connectivity index (χ4v) is 2.90.